The van der Waals surface area contributed by atoms with Crippen molar-refractivity contribution in [3.05, 3.63) is 4.91 Å². The van der Waals surface area contributed by atoms with E-state index in [1.807, 2.05) is 0 Å². The zero-order valence-corrected chi connectivity index (χ0v) is 9.24. The molecule has 6 nitrogen and oxygen atoms in total. The van der Waals surface area contributed by atoms with Crippen molar-refractivity contribution >= 4 is 17.6 Å². The van der Waals surface area contributed by atoms with Crippen molar-refractivity contribution in [3.8, 4) is 0 Å². The minimum absolute atomic E-state index is 0.130. The van der Waals surface area contributed by atoms with E-state index in [-0.39, 0.29) is 12.4 Å². The molecule has 86 valence electrons. The highest BCUT2D eigenvalue weighted by molar-refractivity contribution is 6.18. The van der Waals surface area contributed by atoms with Crippen molar-refractivity contribution < 1.29 is 4.79 Å². The summed E-state index contributed by atoms with van der Waals surface area (Å²) in [5, 5.41) is 5.20. The molecule has 0 atom stereocenters. The number of hydrogen-bond acceptors (Lipinski definition) is 4. The number of amides is 2. The summed E-state index contributed by atoms with van der Waals surface area (Å²) in [4.78, 5) is 21.8. The van der Waals surface area contributed by atoms with Crippen LogP contribution in [0.1, 0.15) is 19.3 Å². The number of nitroso groups, excluding NO2 is 1. The summed E-state index contributed by atoms with van der Waals surface area (Å²) in [6, 6.07) is -0.507. The van der Waals surface area contributed by atoms with Crippen molar-refractivity contribution in [2.45, 2.75) is 19.3 Å². The summed E-state index contributed by atoms with van der Waals surface area (Å²) in [5.41, 5.74) is 2.62. The predicted molar refractivity (Wildman–Crippen MR) is 57.2 cm³/mol. The zero-order valence-electron chi connectivity index (χ0n) is 8.49. The number of hydrazine groups is 1. The van der Waals surface area contributed by atoms with Gasteiger partial charge in [0, 0.05) is 19.0 Å². The van der Waals surface area contributed by atoms with Crippen LogP contribution in [0, 0.1) is 4.91 Å². The van der Waals surface area contributed by atoms with Crippen LogP contribution in [0.4, 0.5) is 4.79 Å². The molecular formula is C8H15ClN4O2. The number of carbonyl (C=O) groups is 1. The second-order valence-corrected chi connectivity index (χ2v) is 3.74. The first-order chi connectivity index (χ1) is 7.27. The molecule has 1 heterocycles. The van der Waals surface area contributed by atoms with Gasteiger partial charge in [0.05, 0.1) is 11.8 Å². The van der Waals surface area contributed by atoms with E-state index in [1.165, 1.54) is 6.42 Å². The van der Waals surface area contributed by atoms with Crippen LogP contribution in [0.25, 0.3) is 0 Å². The molecule has 0 spiro atoms. The molecule has 15 heavy (non-hydrogen) atoms. The van der Waals surface area contributed by atoms with Crippen molar-refractivity contribution in [2.24, 2.45) is 5.29 Å². The zero-order chi connectivity index (χ0) is 11.1. The minimum atomic E-state index is -0.507. The van der Waals surface area contributed by atoms with Crippen LogP contribution in [-0.2, 0) is 0 Å². The second-order valence-electron chi connectivity index (χ2n) is 3.36. The average Bonchev–Trinajstić information content (AvgIpc) is 2.27. The van der Waals surface area contributed by atoms with Gasteiger partial charge in [-0.2, -0.15) is 5.01 Å². The third kappa shape index (κ3) is 4.01. The van der Waals surface area contributed by atoms with Gasteiger partial charge in [-0.1, -0.05) is 6.42 Å². The lowest BCUT2D eigenvalue weighted by Gasteiger charge is -2.27. The van der Waals surface area contributed by atoms with Crippen LogP contribution < -0.4 is 5.43 Å². The Kier molecular flexibility index (Phi) is 5.34. The number of rotatable bonds is 4. The molecule has 0 aromatic heterocycles. The van der Waals surface area contributed by atoms with Crippen molar-refractivity contribution in [3.63, 3.8) is 0 Å². The van der Waals surface area contributed by atoms with Crippen LogP contribution in [0.2, 0.25) is 0 Å². The maximum atomic E-state index is 11.5. The Bertz CT molecular complexity index is 221. The molecule has 1 saturated heterocycles. The summed E-state index contributed by atoms with van der Waals surface area (Å²) in [6.07, 6.45) is 3.30. The predicted octanol–water partition coefficient (Wildman–Crippen LogP) is 1.32. The van der Waals surface area contributed by atoms with Crippen LogP contribution >= 0.6 is 11.6 Å². The van der Waals surface area contributed by atoms with Crippen molar-refractivity contribution in [1.82, 2.24) is 15.4 Å². The lowest BCUT2D eigenvalue weighted by Crippen LogP contribution is -2.49. The molecule has 0 aliphatic carbocycles. The van der Waals surface area contributed by atoms with Gasteiger partial charge in [-0.25, -0.2) is 9.80 Å². The highest BCUT2D eigenvalue weighted by atomic mass is 35.5. The SMILES string of the molecule is O=NN(CCCl)C(=O)NN1CCCCC1. The second kappa shape index (κ2) is 6.58. The molecule has 0 aromatic rings. The Balaban J connectivity index is 2.34. The average molecular weight is 235 g/mol. The number of alkyl halides is 1. The van der Waals surface area contributed by atoms with E-state index in [0.29, 0.717) is 0 Å². The Morgan fingerprint density at radius 3 is 2.60 bits per heavy atom. The minimum Gasteiger partial charge on any atom is -0.269 e. The first-order valence-electron chi connectivity index (χ1n) is 5.00. The normalized spacial score (nSPS) is 17.1. The number of nitrogens with zero attached hydrogens (tertiary/aromatic N) is 3. The van der Waals surface area contributed by atoms with Gasteiger partial charge in [-0.15, -0.1) is 16.5 Å². The fourth-order valence-electron chi connectivity index (χ4n) is 1.46. The van der Waals surface area contributed by atoms with E-state index in [1.54, 1.807) is 5.01 Å². The monoisotopic (exact) mass is 234 g/mol. The number of hydrogen-bond donors (Lipinski definition) is 1. The highest BCUT2D eigenvalue weighted by Gasteiger charge is 2.17. The van der Waals surface area contributed by atoms with Gasteiger partial charge in [0.2, 0.25) is 0 Å². The first-order valence-corrected chi connectivity index (χ1v) is 5.53. The molecule has 1 rings (SSSR count). The van der Waals surface area contributed by atoms with Gasteiger partial charge >= 0.3 is 6.03 Å². The largest absolute Gasteiger partial charge is 0.354 e. The molecule has 1 N–H and O–H groups in total. The summed E-state index contributed by atoms with van der Waals surface area (Å²) >= 11 is 5.43. The van der Waals surface area contributed by atoms with Crippen molar-refractivity contribution in [1.29, 1.82) is 0 Å². The topological polar surface area (TPSA) is 65.0 Å². The highest BCUT2D eigenvalue weighted by Crippen LogP contribution is 2.06. The summed E-state index contributed by atoms with van der Waals surface area (Å²) in [7, 11) is 0. The van der Waals surface area contributed by atoms with Gasteiger partial charge in [-0.05, 0) is 12.8 Å². The Labute approximate surface area is 93.5 Å². The number of carbonyl (C=O) groups excluding carboxylic acids is 1. The summed E-state index contributed by atoms with van der Waals surface area (Å²) in [5.74, 6) is 0.194. The van der Waals surface area contributed by atoms with Gasteiger partial charge in [-0.3, -0.25) is 5.43 Å². The van der Waals surface area contributed by atoms with E-state index in [2.05, 4.69) is 10.7 Å². The third-order valence-electron chi connectivity index (χ3n) is 2.24. The summed E-state index contributed by atoms with van der Waals surface area (Å²) < 4.78 is 0. The molecule has 1 aliphatic heterocycles. The van der Waals surface area contributed by atoms with E-state index in [0.717, 1.165) is 30.9 Å². The van der Waals surface area contributed by atoms with E-state index in [9.17, 15) is 9.70 Å². The molecular weight excluding hydrogens is 220 g/mol. The first kappa shape index (κ1) is 12.2. The fourth-order valence-corrected chi connectivity index (χ4v) is 1.62. The Hall–Kier alpha value is -0.880. The van der Waals surface area contributed by atoms with E-state index < -0.39 is 6.03 Å². The number of nitrogens with one attached hydrogen (secondary N) is 1. The standard InChI is InChI=1S/C8H15ClN4O2/c9-4-7-13(11-15)8(14)10-12-5-2-1-3-6-12/h1-7H2,(H,10,14). The maximum absolute atomic E-state index is 11.5. The number of piperidine rings is 1. The summed E-state index contributed by atoms with van der Waals surface area (Å²) in [6.45, 7) is 1.77. The third-order valence-corrected chi connectivity index (χ3v) is 2.41. The van der Waals surface area contributed by atoms with Gasteiger partial charge < -0.3 is 0 Å². The van der Waals surface area contributed by atoms with Gasteiger partial charge in [0.25, 0.3) is 0 Å². The Morgan fingerprint density at radius 1 is 1.40 bits per heavy atom. The van der Waals surface area contributed by atoms with Crippen LogP contribution in [0.3, 0.4) is 0 Å². The van der Waals surface area contributed by atoms with E-state index in [4.69, 9.17) is 11.6 Å². The molecule has 7 heteroatoms. The lowest BCUT2D eigenvalue weighted by atomic mass is 10.2. The molecule has 2 amide bonds. The molecule has 0 radical (unpaired) electrons. The van der Waals surface area contributed by atoms with Crippen molar-refractivity contribution in [2.75, 3.05) is 25.5 Å². The van der Waals surface area contributed by atoms with Crippen LogP contribution in [0.15, 0.2) is 5.29 Å². The Morgan fingerprint density at radius 2 is 2.07 bits per heavy atom. The number of urea groups is 1. The quantitative estimate of drug-likeness (QED) is 0.453. The maximum Gasteiger partial charge on any atom is 0.354 e. The fraction of sp³-hybridized carbons (Fsp3) is 0.875. The smallest absolute Gasteiger partial charge is 0.269 e. The molecule has 1 aliphatic rings. The van der Waals surface area contributed by atoms with Crippen LogP contribution in [0.5, 0.6) is 0 Å². The van der Waals surface area contributed by atoms with Crippen LogP contribution in [-0.4, -0.2) is 41.6 Å². The lowest BCUT2D eigenvalue weighted by molar-refractivity contribution is 0.132. The number of halogens is 1. The van der Waals surface area contributed by atoms with Gasteiger partial charge in [0.15, 0.2) is 0 Å². The molecule has 0 bridgehead atoms. The van der Waals surface area contributed by atoms with Gasteiger partial charge in [0.1, 0.15) is 0 Å². The molecule has 0 saturated carbocycles. The molecule has 1 fully saturated rings. The molecule has 0 unspecified atom stereocenters. The van der Waals surface area contributed by atoms with E-state index >= 15 is 0 Å². The molecule has 0 aromatic carbocycles.